The summed E-state index contributed by atoms with van der Waals surface area (Å²) in [5, 5.41) is 2.62. The molecule has 2 nitrogen and oxygen atoms in total. The van der Waals surface area contributed by atoms with Gasteiger partial charge >= 0.3 is 0 Å². The molecule has 5 aromatic rings. The van der Waals surface area contributed by atoms with Gasteiger partial charge in [0.1, 0.15) is 0 Å². The van der Waals surface area contributed by atoms with Gasteiger partial charge in [-0.25, -0.2) is 0 Å². The molecule has 7 rings (SSSR count). The van der Waals surface area contributed by atoms with Crippen LogP contribution in [-0.4, -0.2) is 11.1 Å². The Bertz CT molecular complexity index is 1770. The van der Waals surface area contributed by atoms with Crippen molar-refractivity contribution in [1.82, 2.24) is 4.57 Å². The van der Waals surface area contributed by atoms with Crippen LogP contribution in [0.15, 0.2) is 121 Å². The summed E-state index contributed by atoms with van der Waals surface area (Å²) >= 11 is 0. The van der Waals surface area contributed by atoms with Crippen LogP contribution in [0, 0.1) is 12.8 Å². The van der Waals surface area contributed by atoms with Crippen LogP contribution < -0.4 is 4.90 Å². The second kappa shape index (κ2) is 12.4. The number of para-hydroxylation sites is 3. The number of hydrogen-bond donors (Lipinski definition) is 0. The average Bonchev–Trinajstić information content (AvgIpc) is 3.37. The fourth-order valence-corrected chi connectivity index (χ4v) is 6.66. The van der Waals surface area contributed by atoms with Crippen LogP contribution >= 0.6 is 0 Å². The monoisotopic (exact) mass is 546 g/mol. The van der Waals surface area contributed by atoms with Crippen molar-refractivity contribution in [1.29, 1.82) is 0 Å². The molecule has 208 valence electrons. The molecule has 2 heterocycles. The van der Waals surface area contributed by atoms with Crippen molar-refractivity contribution >= 4 is 33.1 Å². The van der Waals surface area contributed by atoms with Crippen molar-refractivity contribution in [2.75, 3.05) is 11.4 Å². The van der Waals surface area contributed by atoms with Gasteiger partial charge in [-0.2, -0.15) is 0 Å². The third-order valence-corrected chi connectivity index (χ3v) is 8.66. The Hall–Kier alpha value is -4.74. The van der Waals surface area contributed by atoms with Crippen molar-refractivity contribution in [2.24, 2.45) is 0 Å². The lowest BCUT2D eigenvalue weighted by Crippen LogP contribution is -2.25. The Kier molecular flexibility index (Phi) is 8.11. The van der Waals surface area contributed by atoms with E-state index in [9.17, 15) is 0 Å². The summed E-state index contributed by atoms with van der Waals surface area (Å²) in [4.78, 5) is 2.53. The van der Waals surface area contributed by atoms with E-state index in [4.69, 9.17) is 0 Å². The molecule has 0 unspecified atom stereocenters. The topological polar surface area (TPSA) is 8.17 Å². The molecule has 42 heavy (non-hydrogen) atoms. The summed E-state index contributed by atoms with van der Waals surface area (Å²) in [5.74, 6) is 0. The van der Waals surface area contributed by atoms with Crippen LogP contribution in [0.1, 0.15) is 48.8 Å². The molecular weight excluding hydrogens is 508 g/mol. The standard InChI is InChI=1S/C38H36N2.C2H2/c1-28-13-10-11-26-39(36-21-7-4-18-33(28)36)31-16-3-2-14-29-24-25-32(27-30(29)15-12-17-31)40-37-22-8-5-19-34(37)35-20-6-9-23-38(35)40;1-2/h3-9,16-25,27H,1-2,10-15,26H2;1-2H/b16-3-,31-17+;. The zero-order chi connectivity index (χ0) is 28.9. The van der Waals surface area contributed by atoms with Gasteiger partial charge in [0.15, 0.2) is 0 Å². The summed E-state index contributed by atoms with van der Waals surface area (Å²) in [5.41, 5.74) is 11.9. The number of fused-ring (bicyclic) bond motifs is 5. The number of hydrogen-bond acceptors (Lipinski definition) is 1. The Morgan fingerprint density at radius 1 is 0.667 bits per heavy atom. The first-order valence-corrected chi connectivity index (χ1v) is 15.1. The minimum absolute atomic E-state index is 1.02. The molecule has 0 fully saturated rings. The van der Waals surface area contributed by atoms with Crippen LogP contribution in [0.25, 0.3) is 33.1 Å². The second-order valence-electron chi connectivity index (χ2n) is 11.2. The highest BCUT2D eigenvalue weighted by molar-refractivity contribution is 6.09. The number of rotatable bonds is 2. The second-order valence-corrected chi connectivity index (χ2v) is 11.2. The van der Waals surface area contributed by atoms with E-state index >= 15 is 0 Å². The van der Waals surface area contributed by atoms with Gasteiger partial charge < -0.3 is 9.47 Å². The van der Waals surface area contributed by atoms with Crippen molar-refractivity contribution in [3.8, 4) is 18.5 Å². The number of aromatic nitrogens is 1. The molecule has 0 amide bonds. The number of nitrogens with zero attached hydrogens (tertiary/aromatic N) is 2. The summed E-state index contributed by atoms with van der Waals surface area (Å²) in [7, 11) is 0. The number of allylic oxidation sites excluding steroid dienone is 4. The van der Waals surface area contributed by atoms with E-state index in [0.717, 1.165) is 38.6 Å². The molecular formula is C40H38N2. The van der Waals surface area contributed by atoms with Gasteiger partial charge in [0.05, 0.1) is 11.0 Å². The van der Waals surface area contributed by atoms with Gasteiger partial charge in [0, 0.05) is 40.0 Å². The van der Waals surface area contributed by atoms with E-state index in [1.165, 1.54) is 74.0 Å². The minimum atomic E-state index is 1.02. The lowest BCUT2D eigenvalue weighted by molar-refractivity contribution is 0.728. The molecule has 0 saturated heterocycles. The summed E-state index contributed by atoms with van der Waals surface area (Å²) in [6.45, 7) is 5.47. The lowest BCUT2D eigenvalue weighted by atomic mass is 9.95. The Balaban J connectivity index is 0.00000155. The third kappa shape index (κ3) is 5.19. The molecule has 1 aliphatic heterocycles. The fraction of sp³-hybridized carbons (Fsp3) is 0.200. The van der Waals surface area contributed by atoms with Crippen LogP contribution in [0.5, 0.6) is 0 Å². The van der Waals surface area contributed by atoms with Crippen LogP contribution in [-0.2, 0) is 12.8 Å². The van der Waals surface area contributed by atoms with Gasteiger partial charge in [0.25, 0.3) is 0 Å². The van der Waals surface area contributed by atoms with Gasteiger partial charge in [-0.15, -0.1) is 12.8 Å². The highest BCUT2D eigenvalue weighted by Gasteiger charge is 2.19. The van der Waals surface area contributed by atoms with Crippen molar-refractivity contribution < 1.29 is 0 Å². The number of terminal acetylenes is 1. The maximum Gasteiger partial charge on any atom is 0.0541 e. The predicted molar refractivity (Wildman–Crippen MR) is 181 cm³/mol. The predicted octanol–water partition coefficient (Wildman–Crippen LogP) is 10.1. The van der Waals surface area contributed by atoms with E-state index in [1.54, 1.807) is 0 Å². The van der Waals surface area contributed by atoms with Crippen LogP contribution in [0.3, 0.4) is 0 Å². The number of benzene rings is 4. The molecule has 1 aliphatic carbocycles. The SMILES string of the molecule is C#C.C=C1CCCCN(C2=C/CCc3cc(-n4c5ccccc5c5ccccc54)ccc3CC/C=C\2)c2ccccc21. The molecule has 4 aromatic carbocycles. The minimum Gasteiger partial charge on any atom is -0.341 e. The first-order chi connectivity index (χ1) is 20.8. The molecule has 0 bridgehead atoms. The average molecular weight is 547 g/mol. The van der Waals surface area contributed by atoms with Gasteiger partial charge in [-0.3, -0.25) is 0 Å². The fourth-order valence-electron chi connectivity index (χ4n) is 6.66. The van der Waals surface area contributed by atoms with Crippen molar-refractivity contribution in [2.45, 2.75) is 44.9 Å². The Morgan fingerprint density at radius 2 is 1.36 bits per heavy atom. The highest BCUT2D eigenvalue weighted by atomic mass is 15.1. The van der Waals surface area contributed by atoms with E-state index in [2.05, 4.69) is 138 Å². The molecule has 0 saturated carbocycles. The maximum absolute atomic E-state index is 4.42. The molecule has 2 aliphatic rings. The summed E-state index contributed by atoms with van der Waals surface area (Å²) < 4.78 is 2.44. The van der Waals surface area contributed by atoms with Gasteiger partial charge in [0.2, 0.25) is 0 Å². The first-order valence-electron chi connectivity index (χ1n) is 15.1. The highest BCUT2D eigenvalue weighted by Crippen LogP contribution is 2.35. The van der Waals surface area contributed by atoms with Crippen molar-refractivity contribution in [3.63, 3.8) is 0 Å². The van der Waals surface area contributed by atoms with E-state index < -0.39 is 0 Å². The molecule has 0 spiro atoms. The zero-order valence-corrected chi connectivity index (χ0v) is 24.3. The number of anilines is 1. The zero-order valence-electron chi connectivity index (χ0n) is 24.3. The normalized spacial score (nSPS) is 17.5. The third-order valence-electron chi connectivity index (χ3n) is 8.66. The van der Waals surface area contributed by atoms with E-state index in [1.807, 2.05) is 0 Å². The Labute approximate surface area is 250 Å². The lowest BCUT2D eigenvalue weighted by Gasteiger charge is -2.31. The number of aryl methyl sites for hydroxylation is 2. The van der Waals surface area contributed by atoms with E-state index in [-0.39, 0.29) is 0 Å². The molecule has 0 N–H and O–H groups in total. The smallest absolute Gasteiger partial charge is 0.0541 e. The summed E-state index contributed by atoms with van der Waals surface area (Å²) in [6.07, 6.45) is 22.8. The quantitative estimate of drug-likeness (QED) is 0.200. The maximum atomic E-state index is 4.42. The van der Waals surface area contributed by atoms with Crippen LogP contribution in [0.2, 0.25) is 0 Å². The molecule has 0 atom stereocenters. The van der Waals surface area contributed by atoms with Crippen molar-refractivity contribution in [3.05, 3.63) is 138 Å². The summed E-state index contributed by atoms with van der Waals surface area (Å²) in [6, 6.07) is 33.5. The Morgan fingerprint density at radius 3 is 2.14 bits per heavy atom. The first kappa shape index (κ1) is 27.4. The molecule has 1 aromatic heterocycles. The van der Waals surface area contributed by atoms with E-state index in [0.29, 0.717) is 0 Å². The largest absolute Gasteiger partial charge is 0.341 e. The van der Waals surface area contributed by atoms with Gasteiger partial charge in [-0.05, 0) is 98.1 Å². The van der Waals surface area contributed by atoms with Gasteiger partial charge in [-0.1, -0.05) is 79.4 Å². The van der Waals surface area contributed by atoms with Crippen LogP contribution in [0.4, 0.5) is 5.69 Å². The molecule has 0 radical (unpaired) electrons. The molecule has 2 heteroatoms.